The van der Waals surface area contributed by atoms with E-state index in [1.54, 1.807) is 23.1 Å². The van der Waals surface area contributed by atoms with Gasteiger partial charge in [0.1, 0.15) is 0 Å². The molecule has 2 amide bonds. The number of amides is 2. The maximum atomic E-state index is 11.9. The fourth-order valence-electron chi connectivity index (χ4n) is 2.62. The van der Waals surface area contributed by atoms with Crippen molar-refractivity contribution >= 4 is 29.5 Å². The number of hydrogen-bond donors (Lipinski definition) is 1. The van der Waals surface area contributed by atoms with Gasteiger partial charge in [0.2, 0.25) is 11.8 Å². The molecule has 136 valence electrons. The Hall–Kier alpha value is -2.21. The van der Waals surface area contributed by atoms with Crippen LogP contribution in [0.25, 0.3) is 6.08 Å². The van der Waals surface area contributed by atoms with Crippen molar-refractivity contribution in [2.24, 2.45) is 0 Å². The summed E-state index contributed by atoms with van der Waals surface area (Å²) in [5, 5.41) is 3.00. The second-order valence-corrected chi connectivity index (χ2v) is 6.01. The monoisotopic (exact) mass is 366 g/mol. The van der Waals surface area contributed by atoms with Crippen molar-refractivity contribution in [3.63, 3.8) is 0 Å². The molecule has 0 atom stereocenters. The Bertz CT molecular complexity index is 655. The van der Waals surface area contributed by atoms with Crippen LogP contribution < -0.4 is 14.8 Å². The van der Waals surface area contributed by atoms with Crippen molar-refractivity contribution < 1.29 is 19.1 Å². The maximum absolute atomic E-state index is 11.9. The molecule has 7 heteroatoms. The molecule has 1 heterocycles. The van der Waals surface area contributed by atoms with Crippen LogP contribution in [0.1, 0.15) is 25.3 Å². The van der Waals surface area contributed by atoms with E-state index in [0.717, 1.165) is 25.9 Å². The van der Waals surface area contributed by atoms with Crippen LogP contribution in [0.2, 0.25) is 5.02 Å². The molecule has 1 N–H and O–H groups in total. The first-order chi connectivity index (χ1) is 12.0. The minimum absolute atomic E-state index is 0.0107. The average molecular weight is 367 g/mol. The molecule has 1 saturated heterocycles. The minimum atomic E-state index is -0.336. The van der Waals surface area contributed by atoms with Crippen molar-refractivity contribution in [2.45, 2.75) is 19.8 Å². The Balaban J connectivity index is 1.95. The molecule has 2 rings (SSSR count). The first kappa shape index (κ1) is 19.1. The van der Waals surface area contributed by atoms with E-state index in [1.165, 1.54) is 13.2 Å². The van der Waals surface area contributed by atoms with Gasteiger partial charge in [-0.1, -0.05) is 11.6 Å². The molecule has 0 unspecified atom stereocenters. The van der Waals surface area contributed by atoms with Gasteiger partial charge in [-0.05, 0) is 43.5 Å². The molecule has 0 spiro atoms. The highest BCUT2D eigenvalue weighted by molar-refractivity contribution is 6.32. The Labute approximate surface area is 152 Å². The topological polar surface area (TPSA) is 67.9 Å². The van der Waals surface area contributed by atoms with Crippen LogP contribution in [0, 0.1) is 0 Å². The molecule has 25 heavy (non-hydrogen) atoms. The van der Waals surface area contributed by atoms with E-state index >= 15 is 0 Å². The van der Waals surface area contributed by atoms with E-state index in [4.69, 9.17) is 21.1 Å². The van der Waals surface area contributed by atoms with Gasteiger partial charge in [0, 0.05) is 19.2 Å². The number of halogens is 1. The van der Waals surface area contributed by atoms with Crippen LogP contribution in [-0.4, -0.2) is 50.1 Å². The van der Waals surface area contributed by atoms with Gasteiger partial charge >= 0.3 is 0 Å². The molecule has 0 aromatic heterocycles. The largest absolute Gasteiger partial charge is 0.491 e. The van der Waals surface area contributed by atoms with Gasteiger partial charge in [-0.2, -0.15) is 0 Å². The van der Waals surface area contributed by atoms with Gasteiger partial charge in [-0.25, -0.2) is 0 Å². The number of nitrogens with zero attached hydrogens (tertiary/aromatic N) is 1. The lowest BCUT2D eigenvalue weighted by Gasteiger charge is -2.14. The average Bonchev–Trinajstić information content (AvgIpc) is 3.12. The third-order valence-corrected chi connectivity index (χ3v) is 4.12. The summed E-state index contributed by atoms with van der Waals surface area (Å²) in [6.07, 6.45) is 5.04. The standard InChI is InChI=1S/C18H23ClN2O4/c1-3-25-15-11-13(10-14(19)18(15)24-2)6-7-16(22)20-12-17(23)21-8-4-5-9-21/h6-7,10-11H,3-5,8-9,12H2,1-2H3,(H,20,22)/b7-6+. The Morgan fingerprint density at radius 2 is 2.04 bits per heavy atom. The van der Waals surface area contributed by atoms with E-state index in [-0.39, 0.29) is 18.4 Å². The molecule has 0 saturated carbocycles. The summed E-state index contributed by atoms with van der Waals surface area (Å²) in [6.45, 7) is 3.89. The van der Waals surface area contributed by atoms with Crippen LogP contribution >= 0.6 is 11.6 Å². The van der Waals surface area contributed by atoms with E-state index in [1.807, 2.05) is 6.92 Å². The molecular weight excluding hydrogens is 344 g/mol. The molecule has 1 aromatic carbocycles. The lowest BCUT2D eigenvalue weighted by molar-refractivity contribution is -0.131. The van der Waals surface area contributed by atoms with Crippen LogP contribution in [0.3, 0.4) is 0 Å². The number of carbonyl (C=O) groups is 2. The highest BCUT2D eigenvalue weighted by atomic mass is 35.5. The quantitative estimate of drug-likeness (QED) is 0.753. The smallest absolute Gasteiger partial charge is 0.244 e. The molecule has 0 aliphatic carbocycles. The molecule has 1 fully saturated rings. The molecule has 0 bridgehead atoms. The number of methoxy groups -OCH3 is 1. The van der Waals surface area contributed by atoms with Crippen LogP contribution in [0.5, 0.6) is 11.5 Å². The Morgan fingerprint density at radius 3 is 2.68 bits per heavy atom. The van der Waals surface area contributed by atoms with E-state index in [9.17, 15) is 9.59 Å². The fraction of sp³-hybridized carbons (Fsp3) is 0.444. The number of hydrogen-bond acceptors (Lipinski definition) is 4. The first-order valence-corrected chi connectivity index (χ1v) is 8.67. The summed E-state index contributed by atoms with van der Waals surface area (Å²) in [5.41, 5.74) is 0.704. The van der Waals surface area contributed by atoms with Gasteiger partial charge in [-0.3, -0.25) is 9.59 Å². The molecular formula is C18H23ClN2O4. The van der Waals surface area contributed by atoms with Crippen molar-refractivity contribution in [2.75, 3.05) is 33.4 Å². The zero-order valence-corrected chi connectivity index (χ0v) is 15.3. The summed E-state index contributed by atoms with van der Waals surface area (Å²) in [4.78, 5) is 25.6. The van der Waals surface area contributed by atoms with E-state index in [0.29, 0.717) is 28.7 Å². The SMILES string of the molecule is CCOc1cc(/C=C/C(=O)NCC(=O)N2CCCC2)cc(Cl)c1OC. The molecule has 1 aliphatic rings. The van der Waals surface area contributed by atoms with Crippen molar-refractivity contribution in [1.29, 1.82) is 0 Å². The van der Waals surface area contributed by atoms with Crippen LogP contribution in [0.4, 0.5) is 0 Å². The van der Waals surface area contributed by atoms with Crippen molar-refractivity contribution in [3.05, 3.63) is 28.8 Å². The first-order valence-electron chi connectivity index (χ1n) is 8.29. The number of ether oxygens (including phenoxy) is 2. The van der Waals surface area contributed by atoms with E-state index < -0.39 is 0 Å². The van der Waals surface area contributed by atoms with Crippen LogP contribution in [0.15, 0.2) is 18.2 Å². The molecule has 1 aromatic rings. The molecule has 1 aliphatic heterocycles. The van der Waals surface area contributed by atoms with Crippen molar-refractivity contribution in [3.8, 4) is 11.5 Å². The van der Waals surface area contributed by atoms with Gasteiger partial charge in [0.05, 0.1) is 25.3 Å². The second kappa shape index (κ2) is 9.32. The summed E-state index contributed by atoms with van der Waals surface area (Å²) in [6, 6.07) is 3.43. The van der Waals surface area contributed by atoms with Gasteiger partial charge in [0.15, 0.2) is 11.5 Å². The zero-order valence-electron chi connectivity index (χ0n) is 14.5. The zero-order chi connectivity index (χ0) is 18.2. The highest BCUT2D eigenvalue weighted by Crippen LogP contribution is 2.36. The third kappa shape index (κ3) is 5.39. The lowest BCUT2D eigenvalue weighted by Crippen LogP contribution is -2.38. The number of carbonyl (C=O) groups excluding carboxylic acids is 2. The summed E-state index contributed by atoms with van der Waals surface area (Å²) in [7, 11) is 1.52. The maximum Gasteiger partial charge on any atom is 0.244 e. The van der Waals surface area contributed by atoms with Gasteiger partial charge < -0.3 is 19.7 Å². The number of nitrogens with one attached hydrogen (secondary N) is 1. The second-order valence-electron chi connectivity index (χ2n) is 5.61. The van der Waals surface area contributed by atoms with Crippen LogP contribution in [-0.2, 0) is 9.59 Å². The van der Waals surface area contributed by atoms with Gasteiger partial charge in [-0.15, -0.1) is 0 Å². The summed E-state index contributed by atoms with van der Waals surface area (Å²) in [5.74, 6) is 0.589. The number of likely N-dealkylation sites (tertiary alicyclic amines) is 1. The molecule has 6 nitrogen and oxygen atoms in total. The summed E-state index contributed by atoms with van der Waals surface area (Å²) >= 11 is 6.17. The number of benzene rings is 1. The Morgan fingerprint density at radius 1 is 1.32 bits per heavy atom. The fourth-order valence-corrected chi connectivity index (χ4v) is 2.91. The normalized spacial score (nSPS) is 14.0. The predicted molar refractivity (Wildman–Crippen MR) is 97.0 cm³/mol. The molecule has 0 radical (unpaired) electrons. The van der Waals surface area contributed by atoms with Crippen molar-refractivity contribution in [1.82, 2.24) is 10.2 Å². The highest BCUT2D eigenvalue weighted by Gasteiger charge is 2.17. The number of rotatable bonds is 7. The minimum Gasteiger partial charge on any atom is -0.491 e. The van der Waals surface area contributed by atoms with Gasteiger partial charge in [0.25, 0.3) is 0 Å². The summed E-state index contributed by atoms with van der Waals surface area (Å²) < 4.78 is 10.7. The predicted octanol–water partition coefficient (Wildman–Crippen LogP) is 2.50. The lowest BCUT2D eigenvalue weighted by atomic mass is 10.2. The Kier molecular flexibility index (Phi) is 7.13. The third-order valence-electron chi connectivity index (χ3n) is 3.84. The van der Waals surface area contributed by atoms with E-state index in [2.05, 4.69) is 5.32 Å².